The van der Waals surface area contributed by atoms with Gasteiger partial charge in [0.1, 0.15) is 5.82 Å². The summed E-state index contributed by atoms with van der Waals surface area (Å²) in [6.45, 7) is 2.36. The highest BCUT2D eigenvalue weighted by atomic mass is 35.5. The van der Waals surface area contributed by atoms with E-state index in [0.29, 0.717) is 12.3 Å². The second kappa shape index (κ2) is 7.18. The summed E-state index contributed by atoms with van der Waals surface area (Å²) in [6, 6.07) is 3.89. The molecule has 0 spiro atoms. The average molecular weight is 275 g/mol. The number of ether oxygens (including phenoxy) is 1. The highest BCUT2D eigenvalue weighted by Crippen LogP contribution is 2.21. The molecule has 1 aromatic carbocycles. The maximum absolute atomic E-state index is 12.8. The second-order valence-corrected chi connectivity index (χ2v) is 4.31. The fourth-order valence-corrected chi connectivity index (χ4v) is 1.66. The minimum absolute atomic E-state index is 0.0620. The Kier molecular flexibility index (Phi) is 5.88. The largest absolute Gasteiger partial charge is 0.383 e. The first-order valence-corrected chi connectivity index (χ1v) is 5.88. The minimum Gasteiger partial charge on any atom is -0.383 e. The summed E-state index contributed by atoms with van der Waals surface area (Å²) >= 11 is 5.81. The molecule has 1 atom stereocenters. The van der Waals surface area contributed by atoms with Crippen molar-refractivity contribution in [3.8, 4) is 0 Å². The molecule has 2 N–H and O–H groups in total. The first-order chi connectivity index (χ1) is 8.52. The summed E-state index contributed by atoms with van der Waals surface area (Å²) in [4.78, 5) is 11.5. The lowest BCUT2D eigenvalue weighted by atomic mass is 10.3. The van der Waals surface area contributed by atoms with Gasteiger partial charge in [-0.25, -0.2) is 4.39 Å². The molecule has 1 amide bonds. The molecule has 1 rings (SSSR count). The molecule has 0 fully saturated rings. The van der Waals surface area contributed by atoms with Crippen molar-refractivity contribution in [2.75, 3.05) is 25.6 Å². The maximum atomic E-state index is 12.8. The van der Waals surface area contributed by atoms with Crippen molar-refractivity contribution in [1.29, 1.82) is 0 Å². The summed E-state index contributed by atoms with van der Waals surface area (Å²) in [5, 5.41) is 5.82. The lowest BCUT2D eigenvalue weighted by Crippen LogP contribution is -2.39. The van der Waals surface area contributed by atoms with Gasteiger partial charge < -0.3 is 15.4 Å². The van der Waals surface area contributed by atoms with Crippen LogP contribution in [0.2, 0.25) is 5.02 Å². The Labute approximate surface area is 110 Å². The SMILES string of the molecule is COCC(C)NC(=O)CNc1ccc(F)cc1Cl. The monoisotopic (exact) mass is 274 g/mol. The van der Waals surface area contributed by atoms with Crippen LogP contribution in [0.15, 0.2) is 18.2 Å². The quantitative estimate of drug-likeness (QED) is 0.835. The van der Waals surface area contributed by atoms with Gasteiger partial charge >= 0.3 is 0 Å². The van der Waals surface area contributed by atoms with E-state index in [4.69, 9.17) is 16.3 Å². The molecule has 0 radical (unpaired) electrons. The number of nitrogens with one attached hydrogen (secondary N) is 2. The fraction of sp³-hybridized carbons (Fsp3) is 0.417. The second-order valence-electron chi connectivity index (χ2n) is 3.90. The summed E-state index contributed by atoms with van der Waals surface area (Å²) in [5.41, 5.74) is 0.521. The Morgan fingerprint density at radius 2 is 2.28 bits per heavy atom. The normalized spacial score (nSPS) is 12.0. The van der Waals surface area contributed by atoms with E-state index >= 15 is 0 Å². The van der Waals surface area contributed by atoms with Gasteiger partial charge in [0.2, 0.25) is 5.91 Å². The minimum atomic E-state index is -0.413. The topological polar surface area (TPSA) is 50.4 Å². The summed E-state index contributed by atoms with van der Waals surface area (Å²) in [6.07, 6.45) is 0. The van der Waals surface area contributed by atoms with Gasteiger partial charge in [-0.2, -0.15) is 0 Å². The number of hydrogen-bond acceptors (Lipinski definition) is 3. The van der Waals surface area contributed by atoms with Crippen molar-refractivity contribution < 1.29 is 13.9 Å². The highest BCUT2D eigenvalue weighted by molar-refractivity contribution is 6.33. The first kappa shape index (κ1) is 14.7. The molecule has 0 aromatic heterocycles. The molecule has 6 heteroatoms. The van der Waals surface area contributed by atoms with Crippen LogP contribution in [0.4, 0.5) is 10.1 Å². The molecule has 0 saturated heterocycles. The zero-order valence-corrected chi connectivity index (χ0v) is 11.1. The number of anilines is 1. The van der Waals surface area contributed by atoms with Crippen molar-refractivity contribution in [2.45, 2.75) is 13.0 Å². The molecule has 18 heavy (non-hydrogen) atoms. The van der Waals surface area contributed by atoms with Gasteiger partial charge in [-0.3, -0.25) is 4.79 Å². The Morgan fingerprint density at radius 1 is 1.56 bits per heavy atom. The van der Waals surface area contributed by atoms with Crippen LogP contribution in [0.25, 0.3) is 0 Å². The number of carbonyl (C=O) groups is 1. The lowest BCUT2D eigenvalue weighted by Gasteiger charge is -2.13. The van der Waals surface area contributed by atoms with Crippen LogP contribution in [-0.2, 0) is 9.53 Å². The molecule has 0 saturated carbocycles. The molecule has 0 aliphatic rings. The van der Waals surface area contributed by atoms with Crippen LogP contribution in [0, 0.1) is 5.82 Å². The van der Waals surface area contributed by atoms with E-state index in [-0.39, 0.29) is 23.5 Å². The molecule has 0 aliphatic carbocycles. The number of benzene rings is 1. The van der Waals surface area contributed by atoms with Gasteiger partial charge in [0.25, 0.3) is 0 Å². The standard InChI is InChI=1S/C12H16ClFN2O2/c1-8(7-18-2)16-12(17)6-15-11-4-3-9(14)5-10(11)13/h3-5,8,15H,6-7H2,1-2H3,(H,16,17). The van der Waals surface area contributed by atoms with Gasteiger partial charge in [-0.05, 0) is 25.1 Å². The Morgan fingerprint density at radius 3 is 2.89 bits per heavy atom. The van der Waals surface area contributed by atoms with E-state index in [2.05, 4.69) is 10.6 Å². The van der Waals surface area contributed by atoms with Crippen molar-refractivity contribution in [3.63, 3.8) is 0 Å². The first-order valence-electron chi connectivity index (χ1n) is 5.50. The van der Waals surface area contributed by atoms with Gasteiger partial charge in [0.15, 0.2) is 0 Å². The number of methoxy groups -OCH3 is 1. The number of halogens is 2. The van der Waals surface area contributed by atoms with Crippen molar-refractivity contribution >= 4 is 23.2 Å². The molecule has 1 unspecified atom stereocenters. The Balaban J connectivity index is 2.42. The third-order valence-corrected chi connectivity index (χ3v) is 2.51. The van der Waals surface area contributed by atoms with Crippen LogP contribution < -0.4 is 10.6 Å². The highest BCUT2D eigenvalue weighted by Gasteiger charge is 2.08. The molecular formula is C12H16ClFN2O2. The molecule has 0 heterocycles. The van der Waals surface area contributed by atoms with E-state index in [1.54, 1.807) is 7.11 Å². The van der Waals surface area contributed by atoms with Gasteiger partial charge in [-0.15, -0.1) is 0 Å². The van der Waals surface area contributed by atoms with Crippen LogP contribution >= 0.6 is 11.6 Å². The van der Waals surface area contributed by atoms with Crippen molar-refractivity contribution in [1.82, 2.24) is 5.32 Å². The zero-order chi connectivity index (χ0) is 13.5. The molecule has 0 aliphatic heterocycles. The number of amides is 1. The smallest absolute Gasteiger partial charge is 0.239 e. The molecule has 4 nitrogen and oxygen atoms in total. The number of carbonyl (C=O) groups excluding carboxylic acids is 1. The van der Waals surface area contributed by atoms with Crippen LogP contribution in [-0.4, -0.2) is 32.2 Å². The van der Waals surface area contributed by atoms with Gasteiger partial charge in [0.05, 0.1) is 23.9 Å². The Hall–Kier alpha value is -1.33. The molecule has 1 aromatic rings. The van der Waals surface area contributed by atoms with E-state index < -0.39 is 5.82 Å². The lowest BCUT2D eigenvalue weighted by molar-refractivity contribution is -0.120. The molecular weight excluding hydrogens is 259 g/mol. The molecule has 0 bridgehead atoms. The van der Waals surface area contributed by atoms with Crippen molar-refractivity contribution in [2.24, 2.45) is 0 Å². The van der Waals surface area contributed by atoms with Gasteiger partial charge in [-0.1, -0.05) is 11.6 Å². The zero-order valence-electron chi connectivity index (χ0n) is 10.3. The van der Waals surface area contributed by atoms with Crippen molar-refractivity contribution in [3.05, 3.63) is 29.0 Å². The van der Waals surface area contributed by atoms with Crippen LogP contribution in [0.5, 0.6) is 0 Å². The number of rotatable bonds is 6. The third-order valence-electron chi connectivity index (χ3n) is 2.19. The van der Waals surface area contributed by atoms with Crippen LogP contribution in [0.3, 0.4) is 0 Å². The van der Waals surface area contributed by atoms with E-state index in [1.807, 2.05) is 6.92 Å². The predicted octanol–water partition coefficient (Wildman–Crippen LogP) is 2.04. The number of hydrogen-bond donors (Lipinski definition) is 2. The molecule has 100 valence electrons. The van der Waals surface area contributed by atoms with E-state index in [9.17, 15) is 9.18 Å². The fourth-order valence-electron chi connectivity index (χ4n) is 1.43. The van der Waals surface area contributed by atoms with E-state index in [0.717, 1.165) is 0 Å². The summed E-state index contributed by atoms with van der Waals surface area (Å²) in [7, 11) is 1.57. The summed E-state index contributed by atoms with van der Waals surface area (Å²) < 4.78 is 17.7. The maximum Gasteiger partial charge on any atom is 0.239 e. The van der Waals surface area contributed by atoms with Gasteiger partial charge in [0, 0.05) is 13.2 Å². The van der Waals surface area contributed by atoms with E-state index in [1.165, 1.54) is 18.2 Å². The predicted molar refractivity (Wildman–Crippen MR) is 69.4 cm³/mol. The van der Waals surface area contributed by atoms with Crippen LogP contribution in [0.1, 0.15) is 6.92 Å². The average Bonchev–Trinajstić information content (AvgIpc) is 2.28. The summed E-state index contributed by atoms with van der Waals surface area (Å²) in [5.74, 6) is -0.594. The Bertz CT molecular complexity index is 415. The third kappa shape index (κ3) is 4.89.